The molecule has 0 spiro atoms. The highest BCUT2D eigenvalue weighted by atomic mass is 19.4. The second-order valence-corrected chi connectivity index (χ2v) is 2.83. The second kappa shape index (κ2) is 3.84. The third-order valence-corrected chi connectivity index (χ3v) is 1.71. The molecule has 1 heterocycles. The van der Waals surface area contributed by atoms with Gasteiger partial charge < -0.3 is 4.74 Å². The molecule has 0 fully saturated rings. The molecule has 1 aromatic heterocycles. The Morgan fingerprint density at radius 3 is 2.44 bits per heavy atom. The Morgan fingerprint density at radius 2 is 1.94 bits per heavy atom. The lowest BCUT2D eigenvalue weighted by atomic mass is 10.3. The van der Waals surface area contributed by atoms with Crippen molar-refractivity contribution in [2.45, 2.75) is 6.36 Å². The van der Waals surface area contributed by atoms with Gasteiger partial charge in [-0.05, 0) is 24.3 Å². The van der Waals surface area contributed by atoms with Gasteiger partial charge in [0.1, 0.15) is 5.75 Å². The van der Waals surface area contributed by atoms with E-state index in [4.69, 9.17) is 1.37 Å². The van der Waals surface area contributed by atoms with E-state index >= 15 is 0 Å². The molecule has 0 saturated carbocycles. The Labute approximate surface area is 89.7 Å². The summed E-state index contributed by atoms with van der Waals surface area (Å²) in [6.07, 6.45) is -3.40. The average molecular weight is 230 g/mol. The molecule has 0 bridgehead atoms. The van der Waals surface area contributed by atoms with E-state index in [0.29, 0.717) is 5.69 Å². The molecule has 0 aliphatic heterocycles. The largest absolute Gasteiger partial charge is 0.573 e. The zero-order valence-corrected chi connectivity index (χ0v) is 7.77. The van der Waals surface area contributed by atoms with Crippen LogP contribution in [0.2, 0.25) is 0 Å². The SMILES string of the molecule is [2H]c1cn(-c2ccc(OC(F)(F)F)cc2)nn1. The van der Waals surface area contributed by atoms with Gasteiger partial charge in [0.15, 0.2) is 0 Å². The summed E-state index contributed by atoms with van der Waals surface area (Å²) >= 11 is 0. The second-order valence-electron chi connectivity index (χ2n) is 2.83. The van der Waals surface area contributed by atoms with E-state index in [9.17, 15) is 13.2 Å². The van der Waals surface area contributed by atoms with Crippen LogP contribution in [0.25, 0.3) is 5.69 Å². The average Bonchev–Trinajstić information content (AvgIpc) is 2.63. The molecule has 0 N–H and O–H groups in total. The van der Waals surface area contributed by atoms with Crippen LogP contribution in [0.1, 0.15) is 1.37 Å². The lowest BCUT2D eigenvalue weighted by Crippen LogP contribution is -2.17. The van der Waals surface area contributed by atoms with Crippen molar-refractivity contribution in [2.24, 2.45) is 0 Å². The Hall–Kier alpha value is -2.05. The predicted molar refractivity (Wildman–Crippen MR) is 48.0 cm³/mol. The van der Waals surface area contributed by atoms with E-state index in [0.717, 1.165) is 12.1 Å². The minimum absolute atomic E-state index is 0.0272. The molecule has 0 unspecified atom stereocenters. The zero-order valence-electron chi connectivity index (χ0n) is 8.77. The smallest absolute Gasteiger partial charge is 0.406 e. The first-order valence-electron chi connectivity index (χ1n) is 4.69. The van der Waals surface area contributed by atoms with E-state index in [1.165, 1.54) is 23.0 Å². The van der Waals surface area contributed by atoms with Crippen LogP contribution in [0.15, 0.2) is 36.6 Å². The number of ether oxygens (including phenoxy) is 1. The molecular weight excluding hydrogens is 223 g/mol. The summed E-state index contributed by atoms with van der Waals surface area (Å²) in [5.74, 6) is -0.313. The lowest BCUT2D eigenvalue weighted by Gasteiger charge is -2.08. The van der Waals surface area contributed by atoms with E-state index in [1.807, 2.05) is 0 Å². The van der Waals surface area contributed by atoms with Crippen molar-refractivity contribution in [3.05, 3.63) is 36.6 Å². The molecule has 0 aliphatic carbocycles. The summed E-state index contributed by atoms with van der Waals surface area (Å²) in [6, 6.07) is 5.09. The number of alkyl halides is 3. The van der Waals surface area contributed by atoms with Crippen LogP contribution < -0.4 is 4.74 Å². The van der Waals surface area contributed by atoms with Gasteiger partial charge in [0.2, 0.25) is 0 Å². The third-order valence-electron chi connectivity index (χ3n) is 1.71. The third kappa shape index (κ3) is 2.50. The number of rotatable bonds is 2. The van der Waals surface area contributed by atoms with Crippen molar-refractivity contribution >= 4 is 0 Å². The molecule has 84 valence electrons. The van der Waals surface area contributed by atoms with Crippen molar-refractivity contribution in [1.29, 1.82) is 0 Å². The molecule has 2 aromatic rings. The van der Waals surface area contributed by atoms with Crippen LogP contribution in [0.4, 0.5) is 13.2 Å². The zero-order chi connectivity index (χ0) is 12.5. The summed E-state index contributed by atoms with van der Waals surface area (Å²) in [6.45, 7) is 0. The summed E-state index contributed by atoms with van der Waals surface area (Å²) in [7, 11) is 0. The maximum atomic E-state index is 11.9. The van der Waals surface area contributed by atoms with Gasteiger partial charge in [0.25, 0.3) is 0 Å². The highest BCUT2D eigenvalue weighted by Crippen LogP contribution is 2.23. The van der Waals surface area contributed by atoms with Gasteiger partial charge in [-0.3, -0.25) is 0 Å². The van der Waals surface area contributed by atoms with Crippen molar-refractivity contribution in [1.82, 2.24) is 15.0 Å². The van der Waals surface area contributed by atoms with Crippen molar-refractivity contribution < 1.29 is 19.3 Å². The topological polar surface area (TPSA) is 39.9 Å². The first kappa shape index (κ1) is 9.20. The molecule has 0 amide bonds. The van der Waals surface area contributed by atoms with Gasteiger partial charge in [0.05, 0.1) is 19.4 Å². The van der Waals surface area contributed by atoms with Crippen LogP contribution >= 0.6 is 0 Å². The number of hydrogen-bond acceptors (Lipinski definition) is 3. The molecule has 0 saturated heterocycles. The lowest BCUT2D eigenvalue weighted by molar-refractivity contribution is -0.274. The van der Waals surface area contributed by atoms with Crippen LogP contribution in [0.5, 0.6) is 5.75 Å². The minimum atomic E-state index is -4.71. The van der Waals surface area contributed by atoms with E-state index in [2.05, 4.69) is 15.0 Å². The number of aromatic nitrogens is 3. The molecule has 16 heavy (non-hydrogen) atoms. The fourth-order valence-corrected chi connectivity index (χ4v) is 1.11. The summed E-state index contributed by atoms with van der Waals surface area (Å²) < 4.78 is 47.8. The Morgan fingerprint density at radius 1 is 1.25 bits per heavy atom. The number of nitrogens with zero attached hydrogens (tertiary/aromatic N) is 3. The molecule has 4 nitrogen and oxygen atoms in total. The maximum absolute atomic E-state index is 11.9. The van der Waals surface area contributed by atoms with Crippen molar-refractivity contribution in [3.8, 4) is 11.4 Å². The van der Waals surface area contributed by atoms with Gasteiger partial charge in [-0.2, -0.15) is 0 Å². The Bertz CT molecular complexity index is 509. The first-order valence-corrected chi connectivity index (χ1v) is 4.19. The number of benzene rings is 1. The highest BCUT2D eigenvalue weighted by Gasteiger charge is 2.30. The molecule has 7 heteroatoms. The van der Waals surface area contributed by atoms with Crippen LogP contribution in [0.3, 0.4) is 0 Å². The standard InChI is InChI=1S/C9H6F3N3O/c10-9(11,12)16-8-3-1-7(2-4-8)15-6-5-13-14-15/h1-6H/i5D. The summed E-state index contributed by atoms with van der Waals surface area (Å²) in [4.78, 5) is 0. The molecule has 0 atom stereocenters. The first-order chi connectivity index (χ1) is 7.94. The maximum Gasteiger partial charge on any atom is 0.573 e. The van der Waals surface area contributed by atoms with E-state index in [-0.39, 0.29) is 11.9 Å². The summed E-state index contributed by atoms with van der Waals surface area (Å²) in [5.41, 5.74) is 0.491. The fraction of sp³-hybridized carbons (Fsp3) is 0.111. The fourth-order valence-electron chi connectivity index (χ4n) is 1.11. The number of halogens is 3. The van der Waals surface area contributed by atoms with Crippen LogP contribution in [-0.4, -0.2) is 21.4 Å². The molecular formula is C9H6F3N3O. The Balaban J connectivity index is 2.19. The van der Waals surface area contributed by atoms with Gasteiger partial charge in [-0.1, -0.05) is 5.21 Å². The van der Waals surface area contributed by atoms with Crippen molar-refractivity contribution in [2.75, 3.05) is 0 Å². The number of hydrogen-bond donors (Lipinski definition) is 0. The van der Waals surface area contributed by atoms with Gasteiger partial charge in [-0.15, -0.1) is 18.3 Å². The van der Waals surface area contributed by atoms with E-state index < -0.39 is 6.36 Å². The van der Waals surface area contributed by atoms with Gasteiger partial charge >= 0.3 is 6.36 Å². The van der Waals surface area contributed by atoms with Gasteiger partial charge in [-0.25, -0.2) is 4.68 Å². The predicted octanol–water partition coefficient (Wildman–Crippen LogP) is 2.17. The van der Waals surface area contributed by atoms with Gasteiger partial charge in [0, 0.05) is 0 Å². The quantitative estimate of drug-likeness (QED) is 0.793. The summed E-state index contributed by atoms with van der Waals surface area (Å²) in [5, 5.41) is 7.05. The highest BCUT2D eigenvalue weighted by molar-refractivity contribution is 5.36. The van der Waals surface area contributed by atoms with E-state index in [1.54, 1.807) is 0 Å². The van der Waals surface area contributed by atoms with Crippen LogP contribution in [0, 0.1) is 0 Å². The van der Waals surface area contributed by atoms with Crippen molar-refractivity contribution in [3.63, 3.8) is 0 Å². The van der Waals surface area contributed by atoms with Crippen LogP contribution in [-0.2, 0) is 0 Å². The normalized spacial score (nSPS) is 12.3. The molecule has 1 aromatic carbocycles. The molecule has 2 rings (SSSR count). The molecule has 0 aliphatic rings. The molecule has 0 radical (unpaired) electrons. The Kier molecular flexibility index (Phi) is 2.21. The minimum Gasteiger partial charge on any atom is -0.406 e. The monoisotopic (exact) mass is 230 g/mol.